The number of nitrogens with two attached hydrogens (primary N) is 1. The van der Waals surface area contributed by atoms with Crippen molar-refractivity contribution in [3.05, 3.63) is 24.0 Å². The van der Waals surface area contributed by atoms with Crippen LogP contribution in [-0.2, 0) is 0 Å². The number of hydrogen-bond acceptors (Lipinski definition) is 4. The van der Waals surface area contributed by atoms with Crippen molar-refractivity contribution < 1.29 is 4.79 Å². The molecule has 2 heterocycles. The van der Waals surface area contributed by atoms with Gasteiger partial charge < -0.3 is 10.6 Å². The molecule has 2 rings (SSSR count). The fourth-order valence-electron chi connectivity index (χ4n) is 2.40. The first-order valence-electron chi connectivity index (χ1n) is 6.36. The predicted octanol–water partition coefficient (Wildman–Crippen LogP) is 0.830. The zero-order valence-corrected chi connectivity index (χ0v) is 11.0. The number of amides is 1. The van der Waals surface area contributed by atoms with Crippen molar-refractivity contribution in [3.8, 4) is 0 Å². The molecule has 1 aliphatic rings. The standard InChI is InChI=1S/C13H20N4O/c1-3-16-6-7-17(9-10(16)2)13(18)11-8-15-5-4-12(11)14/h4-5,8,10H,3,6-7,9H2,1-2H3,(H2,14,15). The summed E-state index contributed by atoms with van der Waals surface area (Å²) in [6.45, 7) is 7.75. The van der Waals surface area contributed by atoms with Crippen molar-refractivity contribution in [3.63, 3.8) is 0 Å². The summed E-state index contributed by atoms with van der Waals surface area (Å²) in [5, 5.41) is 0. The minimum Gasteiger partial charge on any atom is -0.398 e. The molecule has 1 fully saturated rings. The van der Waals surface area contributed by atoms with E-state index in [2.05, 4.69) is 23.7 Å². The molecule has 98 valence electrons. The van der Waals surface area contributed by atoms with Gasteiger partial charge in [-0.3, -0.25) is 14.7 Å². The van der Waals surface area contributed by atoms with Gasteiger partial charge in [-0.25, -0.2) is 0 Å². The number of pyridine rings is 1. The van der Waals surface area contributed by atoms with E-state index in [9.17, 15) is 4.79 Å². The highest BCUT2D eigenvalue weighted by molar-refractivity contribution is 5.98. The molecule has 1 atom stereocenters. The van der Waals surface area contributed by atoms with E-state index in [0.29, 0.717) is 17.3 Å². The summed E-state index contributed by atoms with van der Waals surface area (Å²) in [5.41, 5.74) is 6.83. The van der Waals surface area contributed by atoms with E-state index < -0.39 is 0 Å². The summed E-state index contributed by atoms with van der Waals surface area (Å²) >= 11 is 0. The van der Waals surface area contributed by atoms with Gasteiger partial charge in [-0.15, -0.1) is 0 Å². The molecule has 2 N–H and O–H groups in total. The average molecular weight is 248 g/mol. The van der Waals surface area contributed by atoms with Crippen molar-refractivity contribution in [1.82, 2.24) is 14.8 Å². The number of piperazine rings is 1. The van der Waals surface area contributed by atoms with Gasteiger partial charge >= 0.3 is 0 Å². The second-order valence-corrected chi connectivity index (χ2v) is 4.69. The number of aromatic nitrogens is 1. The Kier molecular flexibility index (Phi) is 3.81. The third kappa shape index (κ3) is 2.46. The Morgan fingerprint density at radius 3 is 2.94 bits per heavy atom. The van der Waals surface area contributed by atoms with Gasteiger partial charge in [0.25, 0.3) is 5.91 Å². The summed E-state index contributed by atoms with van der Waals surface area (Å²) in [7, 11) is 0. The maximum Gasteiger partial charge on any atom is 0.257 e. The second kappa shape index (κ2) is 5.35. The van der Waals surface area contributed by atoms with Crippen LogP contribution in [0.25, 0.3) is 0 Å². The maximum atomic E-state index is 12.3. The molecule has 0 aromatic carbocycles. The number of nitrogen functional groups attached to an aromatic ring is 1. The van der Waals surface area contributed by atoms with Gasteiger partial charge in [0.15, 0.2) is 0 Å². The zero-order valence-electron chi connectivity index (χ0n) is 11.0. The normalized spacial score (nSPS) is 21.0. The van der Waals surface area contributed by atoms with Crippen LogP contribution in [0.5, 0.6) is 0 Å². The quantitative estimate of drug-likeness (QED) is 0.842. The van der Waals surface area contributed by atoms with Gasteiger partial charge in [0, 0.05) is 43.8 Å². The van der Waals surface area contributed by atoms with Crippen LogP contribution >= 0.6 is 0 Å². The SMILES string of the molecule is CCN1CCN(C(=O)c2cnccc2N)CC1C. The average Bonchev–Trinajstić information content (AvgIpc) is 2.38. The molecule has 0 bridgehead atoms. The third-order valence-electron chi connectivity index (χ3n) is 3.54. The van der Waals surface area contributed by atoms with E-state index in [-0.39, 0.29) is 5.91 Å². The number of rotatable bonds is 2. The number of carbonyl (C=O) groups excluding carboxylic acids is 1. The number of nitrogens with zero attached hydrogens (tertiary/aromatic N) is 3. The molecule has 1 saturated heterocycles. The largest absolute Gasteiger partial charge is 0.398 e. The predicted molar refractivity (Wildman–Crippen MR) is 71.3 cm³/mol. The van der Waals surface area contributed by atoms with Crippen LogP contribution in [-0.4, -0.2) is 52.9 Å². The molecule has 1 aromatic rings. The summed E-state index contributed by atoms with van der Waals surface area (Å²) in [4.78, 5) is 20.6. The van der Waals surface area contributed by atoms with Crippen LogP contribution in [0.2, 0.25) is 0 Å². The van der Waals surface area contributed by atoms with E-state index in [4.69, 9.17) is 5.73 Å². The van der Waals surface area contributed by atoms with Gasteiger partial charge in [0.2, 0.25) is 0 Å². The van der Waals surface area contributed by atoms with Crippen LogP contribution in [0.1, 0.15) is 24.2 Å². The van der Waals surface area contributed by atoms with E-state index in [1.807, 2.05) is 4.90 Å². The Hall–Kier alpha value is -1.62. The molecular formula is C13H20N4O. The summed E-state index contributed by atoms with van der Waals surface area (Å²) in [5.74, 6) is -0.0109. The van der Waals surface area contributed by atoms with Crippen LogP contribution in [0, 0.1) is 0 Å². The van der Waals surface area contributed by atoms with Crippen molar-refractivity contribution >= 4 is 11.6 Å². The molecule has 1 unspecified atom stereocenters. The first-order chi connectivity index (χ1) is 8.63. The number of anilines is 1. The summed E-state index contributed by atoms with van der Waals surface area (Å²) < 4.78 is 0. The van der Waals surface area contributed by atoms with Crippen LogP contribution in [0.4, 0.5) is 5.69 Å². The minimum atomic E-state index is -0.0109. The lowest BCUT2D eigenvalue weighted by atomic mass is 10.1. The fourth-order valence-corrected chi connectivity index (χ4v) is 2.40. The van der Waals surface area contributed by atoms with E-state index in [1.165, 1.54) is 0 Å². The highest BCUT2D eigenvalue weighted by Crippen LogP contribution is 2.16. The molecule has 0 saturated carbocycles. The maximum absolute atomic E-state index is 12.3. The zero-order chi connectivity index (χ0) is 13.1. The first kappa shape index (κ1) is 12.8. The van der Waals surface area contributed by atoms with Gasteiger partial charge in [-0.2, -0.15) is 0 Å². The summed E-state index contributed by atoms with van der Waals surface area (Å²) in [6, 6.07) is 2.06. The molecule has 1 aliphatic heterocycles. The minimum absolute atomic E-state index is 0.0109. The van der Waals surface area contributed by atoms with Crippen LogP contribution in [0.15, 0.2) is 18.5 Å². The Bertz CT molecular complexity index is 435. The topological polar surface area (TPSA) is 62.5 Å². The van der Waals surface area contributed by atoms with E-state index >= 15 is 0 Å². The van der Waals surface area contributed by atoms with Gasteiger partial charge in [0.05, 0.1) is 5.56 Å². The molecule has 5 nitrogen and oxygen atoms in total. The van der Waals surface area contributed by atoms with Crippen molar-refractivity contribution in [2.24, 2.45) is 0 Å². The van der Waals surface area contributed by atoms with E-state index in [0.717, 1.165) is 26.2 Å². The second-order valence-electron chi connectivity index (χ2n) is 4.69. The van der Waals surface area contributed by atoms with Gasteiger partial charge in [-0.05, 0) is 19.5 Å². The molecule has 0 spiro atoms. The highest BCUT2D eigenvalue weighted by Gasteiger charge is 2.27. The molecule has 1 aromatic heterocycles. The van der Waals surface area contributed by atoms with Crippen LogP contribution in [0.3, 0.4) is 0 Å². The summed E-state index contributed by atoms with van der Waals surface area (Å²) in [6.07, 6.45) is 3.15. The smallest absolute Gasteiger partial charge is 0.257 e. The number of hydrogen-bond donors (Lipinski definition) is 1. The number of carbonyl (C=O) groups is 1. The first-order valence-corrected chi connectivity index (χ1v) is 6.36. The Labute approximate surface area is 108 Å². The lowest BCUT2D eigenvalue weighted by molar-refractivity contribution is 0.0529. The molecule has 0 radical (unpaired) electrons. The molecule has 1 amide bonds. The van der Waals surface area contributed by atoms with Crippen molar-refractivity contribution in [1.29, 1.82) is 0 Å². The van der Waals surface area contributed by atoms with Crippen LogP contribution < -0.4 is 5.73 Å². The molecular weight excluding hydrogens is 228 g/mol. The Balaban J connectivity index is 2.10. The third-order valence-corrected chi connectivity index (χ3v) is 3.54. The van der Waals surface area contributed by atoms with Crippen molar-refractivity contribution in [2.75, 3.05) is 31.9 Å². The van der Waals surface area contributed by atoms with Gasteiger partial charge in [0.1, 0.15) is 0 Å². The number of likely N-dealkylation sites (N-methyl/N-ethyl adjacent to an activating group) is 1. The Morgan fingerprint density at radius 2 is 2.33 bits per heavy atom. The molecule has 0 aliphatic carbocycles. The molecule has 5 heteroatoms. The lowest BCUT2D eigenvalue weighted by Gasteiger charge is -2.39. The van der Waals surface area contributed by atoms with Gasteiger partial charge in [-0.1, -0.05) is 6.92 Å². The molecule has 18 heavy (non-hydrogen) atoms. The lowest BCUT2D eigenvalue weighted by Crippen LogP contribution is -2.53. The fraction of sp³-hybridized carbons (Fsp3) is 0.538. The van der Waals surface area contributed by atoms with E-state index in [1.54, 1.807) is 18.5 Å². The monoisotopic (exact) mass is 248 g/mol. The Morgan fingerprint density at radius 1 is 1.56 bits per heavy atom. The highest BCUT2D eigenvalue weighted by atomic mass is 16.2. The van der Waals surface area contributed by atoms with Crippen molar-refractivity contribution in [2.45, 2.75) is 19.9 Å².